The molecule has 1 atom stereocenters. The van der Waals surface area contributed by atoms with Crippen LogP contribution in [0.25, 0.3) is 0 Å². The normalized spacial score (nSPS) is 11.5. The van der Waals surface area contributed by atoms with Crippen molar-refractivity contribution in [1.82, 2.24) is 5.32 Å². The fraction of sp³-hybridized carbons (Fsp3) is 0.167. The number of hydrogen-bond donors (Lipinski definition) is 2. The van der Waals surface area contributed by atoms with Gasteiger partial charge in [-0.3, -0.25) is 9.59 Å². The van der Waals surface area contributed by atoms with Gasteiger partial charge in [0, 0.05) is 10.6 Å². The van der Waals surface area contributed by atoms with Crippen molar-refractivity contribution in [2.75, 3.05) is 6.61 Å². The molecule has 0 spiro atoms. The fourth-order valence-electron chi connectivity index (χ4n) is 2.24. The van der Waals surface area contributed by atoms with Crippen LogP contribution < -0.4 is 11.1 Å². The minimum Gasteiger partial charge on any atom is -0.457 e. The summed E-state index contributed by atoms with van der Waals surface area (Å²) in [6.07, 6.45) is -0.235. The van der Waals surface area contributed by atoms with Gasteiger partial charge in [0.1, 0.15) is 5.82 Å². The summed E-state index contributed by atoms with van der Waals surface area (Å²) in [6.45, 7) is -0.536. The van der Waals surface area contributed by atoms with Crippen LogP contribution in [-0.2, 0) is 9.53 Å². The summed E-state index contributed by atoms with van der Waals surface area (Å²) in [6, 6.07) is 9.99. The Balaban J connectivity index is 1.97. The number of Topliss-reactive ketones (excluding diaryl/α,β-unsaturated/α-hetero) is 1. The summed E-state index contributed by atoms with van der Waals surface area (Å²) in [4.78, 5) is 35.1. The number of hydrogen-bond acceptors (Lipinski definition) is 4. The molecular weight excluding hydrogens is 363 g/mol. The smallest absolute Gasteiger partial charge is 0.312 e. The van der Waals surface area contributed by atoms with E-state index in [1.54, 1.807) is 24.3 Å². The summed E-state index contributed by atoms with van der Waals surface area (Å²) < 4.78 is 18.0. The molecule has 0 aliphatic rings. The molecular formula is C18H16ClFN2O4. The number of nitrogens with one attached hydrogen (secondary N) is 1. The lowest BCUT2D eigenvalue weighted by Crippen LogP contribution is -2.34. The van der Waals surface area contributed by atoms with Gasteiger partial charge < -0.3 is 15.8 Å². The zero-order chi connectivity index (χ0) is 19.1. The average Bonchev–Trinajstić information content (AvgIpc) is 2.59. The van der Waals surface area contributed by atoms with Gasteiger partial charge >= 0.3 is 12.0 Å². The van der Waals surface area contributed by atoms with E-state index >= 15 is 0 Å². The van der Waals surface area contributed by atoms with E-state index in [2.05, 4.69) is 5.32 Å². The second-order valence-corrected chi connectivity index (χ2v) is 5.85. The van der Waals surface area contributed by atoms with E-state index in [9.17, 15) is 18.8 Å². The maximum absolute atomic E-state index is 13.1. The van der Waals surface area contributed by atoms with Gasteiger partial charge in [0.25, 0.3) is 0 Å². The molecule has 0 radical (unpaired) electrons. The van der Waals surface area contributed by atoms with Gasteiger partial charge in [-0.2, -0.15) is 0 Å². The van der Waals surface area contributed by atoms with Crippen molar-refractivity contribution in [3.63, 3.8) is 0 Å². The Kier molecular flexibility index (Phi) is 6.68. The molecule has 2 rings (SSSR count). The molecule has 0 unspecified atom stereocenters. The average molecular weight is 379 g/mol. The largest absolute Gasteiger partial charge is 0.457 e. The van der Waals surface area contributed by atoms with E-state index in [4.69, 9.17) is 22.1 Å². The van der Waals surface area contributed by atoms with Crippen molar-refractivity contribution in [2.24, 2.45) is 5.73 Å². The molecule has 0 saturated carbocycles. The molecule has 0 saturated heterocycles. The zero-order valence-corrected chi connectivity index (χ0v) is 14.3. The highest BCUT2D eigenvalue weighted by molar-refractivity contribution is 6.30. The molecule has 2 aromatic rings. The second kappa shape index (κ2) is 8.96. The molecule has 0 heterocycles. The lowest BCUT2D eigenvalue weighted by atomic mass is 10.0. The predicted molar refractivity (Wildman–Crippen MR) is 93.2 cm³/mol. The number of carbonyl (C=O) groups excluding carboxylic acids is 3. The minimum atomic E-state index is -0.811. The Morgan fingerprint density at radius 2 is 1.85 bits per heavy atom. The summed E-state index contributed by atoms with van der Waals surface area (Å²) in [7, 11) is 0. The third kappa shape index (κ3) is 5.86. The first-order valence-electron chi connectivity index (χ1n) is 7.61. The van der Waals surface area contributed by atoms with Crippen LogP contribution in [0.2, 0.25) is 5.02 Å². The Hall–Kier alpha value is -2.93. The van der Waals surface area contributed by atoms with E-state index in [-0.39, 0.29) is 12.0 Å². The number of halogens is 2. The molecule has 3 N–H and O–H groups in total. The highest BCUT2D eigenvalue weighted by atomic mass is 35.5. The van der Waals surface area contributed by atoms with E-state index in [1.165, 1.54) is 18.2 Å². The molecule has 0 aromatic heterocycles. The molecule has 6 nitrogen and oxygen atoms in total. The number of carbonyl (C=O) groups is 3. The lowest BCUT2D eigenvalue weighted by Gasteiger charge is -2.17. The van der Waals surface area contributed by atoms with Gasteiger partial charge in [0.2, 0.25) is 0 Å². The van der Waals surface area contributed by atoms with Gasteiger partial charge in [-0.05, 0) is 29.8 Å². The van der Waals surface area contributed by atoms with E-state index in [0.717, 1.165) is 6.07 Å². The number of esters is 1. The maximum Gasteiger partial charge on any atom is 0.312 e. The first-order valence-corrected chi connectivity index (χ1v) is 7.99. The molecule has 0 aliphatic heterocycles. The van der Waals surface area contributed by atoms with Crippen LogP contribution in [0.4, 0.5) is 9.18 Å². The van der Waals surface area contributed by atoms with Gasteiger partial charge in [-0.15, -0.1) is 0 Å². The van der Waals surface area contributed by atoms with Crippen LogP contribution in [0, 0.1) is 5.82 Å². The first kappa shape index (κ1) is 19.4. The number of ether oxygens (including phenoxy) is 1. The summed E-state index contributed by atoms with van der Waals surface area (Å²) >= 11 is 5.81. The first-order chi connectivity index (χ1) is 12.3. The van der Waals surface area contributed by atoms with E-state index in [1.807, 2.05) is 0 Å². The maximum atomic E-state index is 13.1. The molecule has 2 amide bonds. The second-order valence-electron chi connectivity index (χ2n) is 5.41. The quantitative estimate of drug-likeness (QED) is 0.571. The summed E-state index contributed by atoms with van der Waals surface area (Å²) in [5.74, 6) is -1.82. The van der Waals surface area contributed by atoms with E-state index in [0.29, 0.717) is 10.6 Å². The monoisotopic (exact) mass is 378 g/mol. The van der Waals surface area contributed by atoms with Crippen LogP contribution in [0.3, 0.4) is 0 Å². The fourth-order valence-corrected chi connectivity index (χ4v) is 2.36. The van der Waals surface area contributed by atoms with Gasteiger partial charge in [0.15, 0.2) is 12.4 Å². The Morgan fingerprint density at radius 1 is 1.15 bits per heavy atom. The lowest BCUT2D eigenvalue weighted by molar-refractivity contribution is -0.143. The van der Waals surface area contributed by atoms with Crippen molar-refractivity contribution in [1.29, 1.82) is 0 Å². The van der Waals surface area contributed by atoms with Crippen molar-refractivity contribution in [3.8, 4) is 0 Å². The highest BCUT2D eigenvalue weighted by Crippen LogP contribution is 2.20. The van der Waals surface area contributed by atoms with Crippen molar-refractivity contribution < 1.29 is 23.5 Å². The van der Waals surface area contributed by atoms with Gasteiger partial charge in [-0.25, -0.2) is 9.18 Å². The van der Waals surface area contributed by atoms with Crippen LogP contribution >= 0.6 is 11.6 Å². The molecule has 8 heteroatoms. The minimum absolute atomic E-state index is 0.0994. The molecule has 136 valence electrons. The van der Waals surface area contributed by atoms with Crippen molar-refractivity contribution in [3.05, 3.63) is 70.5 Å². The molecule has 0 bridgehead atoms. The third-order valence-corrected chi connectivity index (χ3v) is 3.72. The van der Waals surface area contributed by atoms with Gasteiger partial charge in [-0.1, -0.05) is 35.9 Å². The Labute approximate surface area is 154 Å². The van der Waals surface area contributed by atoms with Crippen molar-refractivity contribution in [2.45, 2.75) is 12.5 Å². The van der Waals surface area contributed by atoms with Crippen molar-refractivity contribution >= 4 is 29.4 Å². The number of nitrogens with two attached hydrogens (primary N) is 1. The standard InChI is InChI=1S/C18H16ClFN2O4/c19-13-6-4-11(5-7-13)15(22-18(21)25)9-17(24)26-10-16(23)12-2-1-3-14(20)8-12/h1-8,15H,9-10H2,(H3,21,22,25)/t15-/m0/s1. The number of primary amides is 1. The number of urea groups is 1. The van der Waals surface area contributed by atoms with Crippen LogP contribution in [-0.4, -0.2) is 24.4 Å². The third-order valence-electron chi connectivity index (χ3n) is 3.47. The number of rotatable bonds is 7. The predicted octanol–water partition coefficient (Wildman–Crippen LogP) is 3.00. The molecule has 0 fully saturated rings. The Bertz CT molecular complexity index is 811. The number of benzene rings is 2. The van der Waals surface area contributed by atoms with Crippen LogP contribution in [0.15, 0.2) is 48.5 Å². The topological polar surface area (TPSA) is 98.5 Å². The molecule has 2 aromatic carbocycles. The van der Waals surface area contributed by atoms with Gasteiger partial charge in [0.05, 0.1) is 12.5 Å². The SMILES string of the molecule is NC(=O)N[C@@H](CC(=O)OCC(=O)c1cccc(F)c1)c1ccc(Cl)cc1. The highest BCUT2D eigenvalue weighted by Gasteiger charge is 2.19. The molecule has 0 aliphatic carbocycles. The number of ketones is 1. The summed E-state index contributed by atoms with van der Waals surface area (Å²) in [5.41, 5.74) is 5.83. The van der Waals surface area contributed by atoms with Crippen LogP contribution in [0.1, 0.15) is 28.4 Å². The zero-order valence-electron chi connectivity index (χ0n) is 13.6. The van der Waals surface area contributed by atoms with E-state index < -0.39 is 36.2 Å². The number of amides is 2. The Morgan fingerprint density at radius 3 is 2.46 bits per heavy atom. The van der Waals surface area contributed by atoms with Crippen LogP contribution in [0.5, 0.6) is 0 Å². The summed E-state index contributed by atoms with van der Waals surface area (Å²) in [5, 5.41) is 2.93. The molecule has 26 heavy (non-hydrogen) atoms.